The molecule has 1 fully saturated rings. The summed E-state index contributed by atoms with van der Waals surface area (Å²) in [5.74, 6) is 0.710. The van der Waals surface area contributed by atoms with Crippen LogP contribution in [0.1, 0.15) is 70.1 Å². The third-order valence-electron chi connectivity index (χ3n) is 9.48. The van der Waals surface area contributed by atoms with Gasteiger partial charge < -0.3 is 14.1 Å². The normalized spacial score (nSPS) is 31.1. The van der Waals surface area contributed by atoms with E-state index in [1.54, 1.807) is 0 Å². The highest BCUT2D eigenvalue weighted by Crippen LogP contribution is 2.60. The third-order valence-corrected chi connectivity index (χ3v) is 9.48. The quantitative estimate of drug-likeness (QED) is 0.415. The van der Waals surface area contributed by atoms with Crippen molar-refractivity contribution in [1.29, 1.82) is 0 Å². The number of anilines is 1. The second-order valence-corrected chi connectivity index (χ2v) is 13.6. The molecule has 0 saturated heterocycles. The number of benzene rings is 1. The van der Waals surface area contributed by atoms with Crippen LogP contribution in [0.4, 0.5) is 5.69 Å². The van der Waals surface area contributed by atoms with Crippen LogP contribution in [0.2, 0.25) is 0 Å². The van der Waals surface area contributed by atoms with Crippen LogP contribution >= 0.6 is 0 Å². The van der Waals surface area contributed by atoms with Gasteiger partial charge in [-0.2, -0.15) is 0 Å². The van der Waals surface area contributed by atoms with Gasteiger partial charge in [-0.15, -0.1) is 0 Å². The lowest BCUT2D eigenvalue weighted by molar-refractivity contribution is 0.212. The van der Waals surface area contributed by atoms with Gasteiger partial charge in [0.15, 0.2) is 5.60 Å². The van der Waals surface area contributed by atoms with Crippen molar-refractivity contribution in [1.82, 2.24) is 0 Å². The van der Waals surface area contributed by atoms with Crippen molar-refractivity contribution in [2.24, 2.45) is 16.3 Å². The maximum absolute atomic E-state index is 13.6. The molecule has 0 amide bonds. The van der Waals surface area contributed by atoms with Gasteiger partial charge in [0.25, 0.3) is 0 Å². The van der Waals surface area contributed by atoms with E-state index in [9.17, 15) is 4.79 Å². The highest BCUT2D eigenvalue weighted by atomic mass is 16.5. The van der Waals surface area contributed by atoms with Crippen LogP contribution < -0.4 is 10.5 Å². The van der Waals surface area contributed by atoms with E-state index >= 15 is 0 Å². The lowest BCUT2D eigenvalue weighted by Crippen LogP contribution is -2.46. The molecule has 5 heteroatoms. The van der Waals surface area contributed by atoms with E-state index in [0.717, 1.165) is 61.9 Å². The van der Waals surface area contributed by atoms with E-state index in [-0.39, 0.29) is 16.5 Å². The molecule has 2 atom stereocenters. The number of hydrogen-bond acceptors (Lipinski definition) is 5. The Morgan fingerprint density at radius 3 is 2.82 bits per heavy atom. The molecule has 4 heterocycles. The summed E-state index contributed by atoms with van der Waals surface area (Å²) in [6, 6.07) is 4.23. The summed E-state index contributed by atoms with van der Waals surface area (Å²) in [6.07, 6.45) is 15.9. The average Bonchev–Trinajstić information content (AvgIpc) is 3.40. The number of ether oxygens (including phenoxy) is 1. The zero-order chi connectivity index (χ0) is 26.0. The van der Waals surface area contributed by atoms with Gasteiger partial charge in [0.2, 0.25) is 5.90 Å². The van der Waals surface area contributed by atoms with Crippen LogP contribution in [0.3, 0.4) is 0 Å². The molecular formula is C33H34N2O3. The fourth-order valence-corrected chi connectivity index (χ4v) is 7.61. The predicted octanol–water partition coefficient (Wildman–Crippen LogP) is 6.50. The Hall–Kier alpha value is -3.34. The third kappa shape index (κ3) is 3.11. The highest BCUT2D eigenvalue weighted by molar-refractivity contribution is 6.01. The lowest BCUT2D eigenvalue weighted by Gasteiger charge is -2.48. The van der Waals surface area contributed by atoms with Gasteiger partial charge in [0.05, 0.1) is 5.70 Å². The largest absolute Gasteiger partial charge is 0.463 e. The Labute approximate surface area is 223 Å². The monoisotopic (exact) mass is 506 g/mol. The van der Waals surface area contributed by atoms with Crippen LogP contribution in [0, 0.1) is 11.3 Å². The maximum atomic E-state index is 13.6. The van der Waals surface area contributed by atoms with E-state index in [4.69, 9.17) is 14.1 Å². The van der Waals surface area contributed by atoms with Crippen molar-refractivity contribution in [3.05, 3.63) is 86.5 Å². The van der Waals surface area contributed by atoms with E-state index in [0.29, 0.717) is 17.4 Å². The zero-order valence-corrected chi connectivity index (χ0v) is 22.7. The molecule has 2 bridgehead atoms. The molecule has 3 aliphatic heterocycles. The molecule has 3 aliphatic carbocycles. The van der Waals surface area contributed by atoms with E-state index in [1.165, 1.54) is 28.0 Å². The van der Waals surface area contributed by atoms with Crippen molar-refractivity contribution in [2.75, 3.05) is 18.0 Å². The standard InChI is InChI=1S/C33H34N2O3/c1-31(2)16-22-14-21-15-24(30(36)37-27(21)25-26(22)35(18-31)11-10-32(25,3)4)29-34-28-20-9-7-5-6-8-19(12-20)13-23-17-33(23,28)38-29/h6-9,13-15,23H,5,10-12,16-18H2,1-4H3/b8-6-,9-7-. The van der Waals surface area contributed by atoms with Gasteiger partial charge in [-0.3, -0.25) is 0 Å². The number of nitrogens with zero attached hydrogens (tertiary/aromatic N) is 2. The van der Waals surface area contributed by atoms with E-state index in [2.05, 4.69) is 69.0 Å². The summed E-state index contributed by atoms with van der Waals surface area (Å²) >= 11 is 0. The summed E-state index contributed by atoms with van der Waals surface area (Å²) in [5, 5.41) is 0.972. The molecule has 38 heavy (non-hydrogen) atoms. The summed E-state index contributed by atoms with van der Waals surface area (Å²) in [6.45, 7) is 11.3. The molecule has 8 rings (SSSR count). The summed E-state index contributed by atoms with van der Waals surface area (Å²) in [7, 11) is 0. The van der Waals surface area contributed by atoms with Crippen LogP contribution in [-0.2, 0) is 16.6 Å². The fraction of sp³-hybridized carbons (Fsp3) is 0.455. The minimum absolute atomic E-state index is 0.0662. The topological polar surface area (TPSA) is 55.0 Å². The molecular weight excluding hydrogens is 472 g/mol. The smallest absolute Gasteiger partial charge is 0.349 e. The van der Waals surface area contributed by atoms with Gasteiger partial charge in [-0.1, -0.05) is 58.1 Å². The summed E-state index contributed by atoms with van der Waals surface area (Å²) in [4.78, 5) is 21.1. The summed E-state index contributed by atoms with van der Waals surface area (Å²) in [5.41, 5.74) is 7.85. The van der Waals surface area contributed by atoms with Gasteiger partial charge >= 0.3 is 5.63 Å². The first-order valence-electron chi connectivity index (χ1n) is 14.1. The van der Waals surface area contributed by atoms with E-state index < -0.39 is 5.60 Å². The van der Waals surface area contributed by atoms with Crippen molar-refractivity contribution < 1.29 is 9.15 Å². The van der Waals surface area contributed by atoms with Crippen LogP contribution in [0.25, 0.3) is 11.0 Å². The highest BCUT2D eigenvalue weighted by Gasteiger charge is 2.63. The summed E-state index contributed by atoms with van der Waals surface area (Å²) < 4.78 is 12.8. The molecule has 1 saturated carbocycles. The molecule has 5 nitrogen and oxygen atoms in total. The first kappa shape index (κ1) is 22.6. The van der Waals surface area contributed by atoms with Crippen molar-refractivity contribution in [3.63, 3.8) is 0 Å². The first-order chi connectivity index (χ1) is 18.1. The molecule has 2 aromatic rings. The van der Waals surface area contributed by atoms with E-state index in [1.807, 2.05) is 6.07 Å². The van der Waals surface area contributed by atoms with Gasteiger partial charge in [0, 0.05) is 42.1 Å². The second-order valence-electron chi connectivity index (χ2n) is 13.6. The Kier molecular flexibility index (Phi) is 4.28. The zero-order valence-electron chi connectivity index (χ0n) is 22.7. The molecule has 1 aromatic heterocycles. The first-order valence-corrected chi connectivity index (χ1v) is 14.1. The molecule has 0 radical (unpaired) electrons. The van der Waals surface area contributed by atoms with Crippen LogP contribution in [-0.4, -0.2) is 24.6 Å². The Bertz CT molecular complexity index is 1660. The van der Waals surface area contributed by atoms with Crippen LogP contribution in [0.5, 0.6) is 0 Å². The van der Waals surface area contributed by atoms with Crippen molar-refractivity contribution in [2.45, 2.75) is 70.8 Å². The lowest BCUT2D eigenvalue weighted by atomic mass is 9.71. The molecule has 1 spiro atoms. The second kappa shape index (κ2) is 7.19. The molecule has 6 aliphatic rings. The maximum Gasteiger partial charge on any atom is 0.349 e. The number of aliphatic imine (C=N–C) groups is 1. The predicted molar refractivity (Wildman–Crippen MR) is 151 cm³/mol. The number of allylic oxidation sites excluding steroid dienone is 6. The van der Waals surface area contributed by atoms with Gasteiger partial charge in [-0.25, -0.2) is 9.79 Å². The number of fused-ring (bicyclic) bond motifs is 4. The Balaban J connectivity index is 1.30. The average molecular weight is 507 g/mol. The van der Waals surface area contributed by atoms with Gasteiger partial charge in [0.1, 0.15) is 11.1 Å². The van der Waals surface area contributed by atoms with Crippen molar-refractivity contribution in [3.8, 4) is 0 Å². The van der Waals surface area contributed by atoms with Crippen LogP contribution in [0.15, 0.2) is 73.6 Å². The fourth-order valence-electron chi connectivity index (χ4n) is 7.61. The number of hydrogen-bond donors (Lipinski definition) is 0. The minimum atomic E-state index is -0.440. The Morgan fingerprint density at radius 1 is 1.11 bits per heavy atom. The molecule has 0 N–H and O–H groups in total. The van der Waals surface area contributed by atoms with Crippen molar-refractivity contribution >= 4 is 22.6 Å². The molecule has 194 valence electrons. The minimum Gasteiger partial charge on any atom is -0.463 e. The SMILES string of the molecule is CC1(C)Cc2cc3cc(C4=NC5=C6/C=C\C/C=C\C(=CC7CC57O4)C6)c(=O)oc3c3c2N(CCC3(C)C)C1. The molecule has 1 aromatic carbocycles. The van der Waals surface area contributed by atoms with Gasteiger partial charge in [-0.05, 0) is 65.4 Å². The Morgan fingerprint density at radius 2 is 1.95 bits per heavy atom. The molecule has 2 unspecified atom stereocenters. The number of rotatable bonds is 1.